The third-order valence-corrected chi connectivity index (χ3v) is 1.59. The van der Waals surface area contributed by atoms with Crippen LogP contribution in [-0.2, 0) is 0 Å². The monoisotopic (exact) mass is 178 g/mol. The van der Waals surface area contributed by atoms with Crippen molar-refractivity contribution in [3.05, 3.63) is 36.1 Å². The Balaban J connectivity index is 2.44. The zero-order chi connectivity index (χ0) is 9.52. The summed E-state index contributed by atoms with van der Waals surface area (Å²) >= 11 is 0. The minimum Gasteiger partial charge on any atom is -0.338 e. The molecule has 1 aliphatic rings. The Kier molecular flexibility index (Phi) is 3.82. The second-order valence-corrected chi connectivity index (χ2v) is 2.67. The Morgan fingerprint density at radius 1 is 1.54 bits per heavy atom. The Labute approximate surface area is 78.2 Å². The Hall–Kier alpha value is -1.51. The molecule has 3 heteroatoms. The Bertz CT molecular complexity index is 264. The van der Waals surface area contributed by atoms with E-state index >= 15 is 0 Å². The van der Waals surface area contributed by atoms with E-state index in [0.29, 0.717) is 6.54 Å². The fourth-order valence-electron chi connectivity index (χ4n) is 1.01. The quantitative estimate of drug-likeness (QED) is 0.664. The lowest BCUT2D eigenvalue weighted by molar-refractivity contribution is 0.244. The summed E-state index contributed by atoms with van der Waals surface area (Å²) in [6.07, 6.45) is 10.6. The number of carbonyl (C=O) groups is 1. The summed E-state index contributed by atoms with van der Waals surface area (Å²) in [5.74, 6) is 0. The van der Waals surface area contributed by atoms with Crippen LogP contribution in [-0.4, -0.2) is 12.6 Å². The van der Waals surface area contributed by atoms with Gasteiger partial charge in [-0.25, -0.2) is 4.79 Å². The van der Waals surface area contributed by atoms with Gasteiger partial charge in [-0.2, -0.15) is 0 Å². The van der Waals surface area contributed by atoms with Gasteiger partial charge in [-0.05, 0) is 19.4 Å². The van der Waals surface area contributed by atoms with E-state index in [1.807, 2.05) is 37.3 Å². The standard InChI is InChI=1S/C10H14N2O/c1-2-11-10(13)12-9-7-5-3-4-6-8-9/h3-5,7-8H,2,6H2,1H3,(H2,11,12,13). The molecule has 0 heterocycles. The van der Waals surface area contributed by atoms with Crippen LogP contribution in [0.5, 0.6) is 0 Å². The maximum atomic E-state index is 11.1. The summed E-state index contributed by atoms with van der Waals surface area (Å²) in [7, 11) is 0. The molecule has 0 radical (unpaired) electrons. The average molecular weight is 178 g/mol. The van der Waals surface area contributed by atoms with Crippen molar-refractivity contribution in [3.63, 3.8) is 0 Å². The maximum absolute atomic E-state index is 11.1. The second kappa shape index (κ2) is 5.19. The molecule has 0 saturated carbocycles. The summed E-state index contributed by atoms with van der Waals surface area (Å²) in [6.45, 7) is 2.53. The van der Waals surface area contributed by atoms with Crippen molar-refractivity contribution in [2.45, 2.75) is 13.3 Å². The molecule has 0 unspecified atom stereocenters. The number of allylic oxidation sites excluding steroid dienone is 5. The van der Waals surface area contributed by atoms with Crippen molar-refractivity contribution in [1.29, 1.82) is 0 Å². The highest BCUT2D eigenvalue weighted by atomic mass is 16.2. The lowest BCUT2D eigenvalue weighted by atomic mass is 10.3. The van der Waals surface area contributed by atoms with Crippen LogP contribution in [0, 0.1) is 0 Å². The van der Waals surface area contributed by atoms with Gasteiger partial charge in [0.15, 0.2) is 0 Å². The van der Waals surface area contributed by atoms with Crippen molar-refractivity contribution in [2.75, 3.05) is 6.54 Å². The van der Waals surface area contributed by atoms with Crippen LogP contribution in [0.15, 0.2) is 36.1 Å². The number of hydrogen-bond donors (Lipinski definition) is 2. The first-order valence-corrected chi connectivity index (χ1v) is 4.41. The molecule has 0 bridgehead atoms. The molecule has 13 heavy (non-hydrogen) atoms. The van der Waals surface area contributed by atoms with Gasteiger partial charge in [0.2, 0.25) is 0 Å². The number of nitrogens with one attached hydrogen (secondary N) is 2. The fourth-order valence-corrected chi connectivity index (χ4v) is 1.01. The predicted octanol–water partition coefficient (Wildman–Crippen LogP) is 1.71. The van der Waals surface area contributed by atoms with E-state index in [9.17, 15) is 4.79 Å². The second-order valence-electron chi connectivity index (χ2n) is 2.67. The van der Waals surface area contributed by atoms with Crippen molar-refractivity contribution >= 4 is 6.03 Å². The molecular formula is C10H14N2O. The van der Waals surface area contributed by atoms with Crippen molar-refractivity contribution < 1.29 is 4.79 Å². The third-order valence-electron chi connectivity index (χ3n) is 1.59. The van der Waals surface area contributed by atoms with Crippen molar-refractivity contribution in [3.8, 4) is 0 Å². The zero-order valence-electron chi connectivity index (χ0n) is 7.71. The SMILES string of the molecule is CCNC(=O)NC1=CCC=CC=C1. The molecular weight excluding hydrogens is 164 g/mol. The largest absolute Gasteiger partial charge is 0.338 e. The van der Waals surface area contributed by atoms with Crippen molar-refractivity contribution in [1.82, 2.24) is 10.6 Å². The van der Waals surface area contributed by atoms with Crippen molar-refractivity contribution in [2.24, 2.45) is 0 Å². The number of urea groups is 1. The first-order chi connectivity index (χ1) is 6.33. The smallest absolute Gasteiger partial charge is 0.319 e. The molecule has 0 fully saturated rings. The van der Waals surface area contributed by atoms with E-state index in [1.54, 1.807) is 0 Å². The fraction of sp³-hybridized carbons (Fsp3) is 0.300. The normalized spacial score (nSPS) is 14.7. The molecule has 0 spiro atoms. The summed E-state index contributed by atoms with van der Waals surface area (Å²) in [5.41, 5.74) is 0.843. The lowest BCUT2D eigenvalue weighted by Gasteiger charge is -2.05. The van der Waals surface area contributed by atoms with Gasteiger partial charge >= 0.3 is 6.03 Å². The van der Waals surface area contributed by atoms with E-state index in [4.69, 9.17) is 0 Å². The third kappa shape index (κ3) is 3.60. The van der Waals surface area contributed by atoms with Crippen LogP contribution in [0.3, 0.4) is 0 Å². The molecule has 1 rings (SSSR count). The molecule has 0 aliphatic heterocycles. The summed E-state index contributed by atoms with van der Waals surface area (Å²) in [4.78, 5) is 11.1. The van der Waals surface area contributed by atoms with E-state index in [2.05, 4.69) is 10.6 Å². The molecule has 70 valence electrons. The van der Waals surface area contributed by atoms with Crippen LogP contribution in [0.4, 0.5) is 4.79 Å². The first kappa shape index (κ1) is 9.58. The van der Waals surface area contributed by atoms with E-state index in [0.717, 1.165) is 12.1 Å². The average Bonchev–Trinajstić information content (AvgIpc) is 2.33. The van der Waals surface area contributed by atoms with Gasteiger partial charge in [0.25, 0.3) is 0 Å². The summed E-state index contributed by atoms with van der Waals surface area (Å²) in [6, 6.07) is -0.152. The summed E-state index contributed by atoms with van der Waals surface area (Å²) < 4.78 is 0. The molecule has 2 N–H and O–H groups in total. The van der Waals surface area contributed by atoms with Crippen LogP contribution in [0.1, 0.15) is 13.3 Å². The van der Waals surface area contributed by atoms with Gasteiger partial charge in [0, 0.05) is 12.2 Å². The number of carbonyl (C=O) groups excluding carboxylic acids is 1. The van der Waals surface area contributed by atoms with E-state index < -0.39 is 0 Å². The van der Waals surface area contributed by atoms with Crippen LogP contribution < -0.4 is 10.6 Å². The number of hydrogen-bond acceptors (Lipinski definition) is 1. The maximum Gasteiger partial charge on any atom is 0.319 e. The van der Waals surface area contributed by atoms with Gasteiger partial charge < -0.3 is 10.6 Å². The van der Waals surface area contributed by atoms with Gasteiger partial charge in [-0.1, -0.05) is 24.3 Å². The minimum atomic E-state index is -0.152. The Morgan fingerprint density at radius 2 is 2.38 bits per heavy atom. The zero-order valence-corrected chi connectivity index (χ0v) is 7.71. The molecule has 0 atom stereocenters. The molecule has 0 saturated heterocycles. The van der Waals surface area contributed by atoms with Gasteiger partial charge in [-0.3, -0.25) is 0 Å². The highest BCUT2D eigenvalue weighted by Gasteiger charge is 1.99. The highest BCUT2D eigenvalue weighted by Crippen LogP contribution is 2.01. The minimum absolute atomic E-state index is 0.152. The molecule has 0 aromatic carbocycles. The van der Waals surface area contributed by atoms with Gasteiger partial charge in [0.05, 0.1) is 0 Å². The van der Waals surface area contributed by atoms with Crippen LogP contribution in [0.2, 0.25) is 0 Å². The van der Waals surface area contributed by atoms with E-state index in [-0.39, 0.29) is 6.03 Å². The molecule has 3 nitrogen and oxygen atoms in total. The number of rotatable bonds is 2. The molecule has 0 aromatic heterocycles. The van der Waals surface area contributed by atoms with Gasteiger partial charge in [-0.15, -0.1) is 0 Å². The topological polar surface area (TPSA) is 41.1 Å². The number of amides is 2. The Morgan fingerprint density at radius 3 is 3.15 bits per heavy atom. The molecule has 0 aromatic rings. The van der Waals surface area contributed by atoms with E-state index in [1.165, 1.54) is 0 Å². The predicted molar refractivity (Wildman–Crippen MR) is 53.2 cm³/mol. The highest BCUT2D eigenvalue weighted by molar-refractivity contribution is 5.76. The van der Waals surface area contributed by atoms with Crippen LogP contribution >= 0.6 is 0 Å². The first-order valence-electron chi connectivity index (χ1n) is 4.41. The molecule has 2 amide bonds. The van der Waals surface area contributed by atoms with Crippen LogP contribution in [0.25, 0.3) is 0 Å². The lowest BCUT2D eigenvalue weighted by Crippen LogP contribution is -2.34. The molecule has 1 aliphatic carbocycles. The summed E-state index contributed by atoms with van der Waals surface area (Å²) in [5, 5.41) is 5.41. The van der Waals surface area contributed by atoms with Gasteiger partial charge in [0.1, 0.15) is 0 Å².